The van der Waals surface area contributed by atoms with E-state index >= 15 is 0 Å². The van der Waals surface area contributed by atoms with E-state index in [9.17, 15) is 19.8 Å². The van der Waals surface area contributed by atoms with Gasteiger partial charge in [-0.15, -0.1) is 0 Å². The summed E-state index contributed by atoms with van der Waals surface area (Å²) in [6.45, 7) is 6.27. The van der Waals surface area contributed by atoms with E-state index in [0.717, 1.165) is 83.5 Å². The van der Waals surface area contributed by atoms with Gasteiger partial charge in [-0.3, -0.25) is 9.59 Å². The van der Waals surface area contributed by atoms with Crippen LogP contribution in [-0.2, 0) is 14.3 Å². The van der Waals surface area contributed by atoms with Gasteiger partial charge in [-0.25, -0.2) is 0 Å². The molecule has 6 heteroatoms. The molecule has 3 atom stereocenters. The van der Waals surface area contributed by atoms with Crippen molar-refractivity contribution in [3.8, 4) is 0 Å². The van der Waals surface area contributed by atoms with Crippen LogP contribution in [0, 0.1) is 0 Å². The summed E-state index contributed by atoms with van der Waals surface area (Å²) in [5, 5.41) is 23.7. The Bertz CT molecular complexity index is 1280. The van der Waals surface area contributed by atoms with Crippen molar-refractivity contribution in [1.29, 1.82) is 0 Å². The zero-order valence-electron chi connectivity index (χ0n) is 40.0. The minimum absolute atomic E-state index is 0.0264. The summed E-state index contributed by atoms with van der Waals surface area (Å²) >= 11 is 0. The van der Waals surface area contributed by atoms with Crippen LogP contribution in [0.15, 0.2) is 109 Å². The molecule has 1 amide bonds. The predicted molar refractivity (Wildman–Crippen MR) is 268 cm³/mol. The molecular weight excluding hydrogens is 767 g/mol. The minimum Gasteiger partial charge on any atom is -0.462 e. The molecule has 0 aromatic carbocycles. The molecule has 3 unspecified atom stereocenters. The lowest BCUT2D eigenvalue weighted by atomic mass is 10.0. The molecule has 0 aromatic heterocycles. The van der Waals surface area contributed by atoms with E-state index < -0.39 is 18.2 Å². The summed E-state index contributed by atoms with van der Waals surface area (Å²) in [4.78, 5) is 26.1. The largest absolute Gasteiger partial charge is 0.462 e. The Kier molecular flexibility index (Phi) is 45.8. The second kappa shape index (κ2) is 48.6. The molecule has 0 spiro atoms. The predicted octanol–water partition coefficient (Wildman–Crippen LogP) is 15.1. The van der Waals surface area contributed by atoms with Gasteiger partial charge in [-0.2, -0.15) is 0 Å². The van der Waals surface area contributed by atoms with Gasteiger partial charge in [-0.05, 0) is 83.5 Å². The van der Waals surface area contributed by atoms with Crippen LogP contribution in [0.25, 0.3) is 0 Å². The van der Waals surface area contributed by atoms with Gasteiger partial charge in [0.05, 0.1) is 25.2 Å². The van der Waals surface area contributed by atoms with Gasteiger partial charge in [-0.1, -0.05) is 220 Å². The van der Waals surface area contributed by atoms with Gasteiger partial charge in [0.15, 0.2) is 0 Å². The molecule has 0 bridgehead atoms. The van der Waals surface area contributed by atoms with Crippen molar-refractivity contribution < 1.29 is 24.5 Å². The van der Waals surface area contributed by atoms with E-state index in [4.69, 9.17) is 4.74 Å². The van der Waals surface area contributed by atoms with E-state index in [0.29, 0.717) is 19.3 Å². The molecule has 0 radical (unpaired) electrons. The van der Waals surface area contributed by atoms with E-state index in [1.54, 1.807) is 0 Å². The summed E-state index contributed by atoms with van der Waals surface area (Å²) < 4.78 is 5.89. The number of carbonyl (C=O) groups is 2. The number of amides is 1. The van der Waals surface area contributed by atoms with Crippen molar-refractivity contribution in [3.05, 3.63) is 109 Å². The quantitative estimate of drug-likeness (QED) is 0.0246. The van der Waals surface area contributed by atoms with Crippen LogP contribution < -0.4 is 5.32 Å². The number of unbranched alkanes of at least 4 members (excludes halogenated alkanes) is 18. The maximum Gasteiger partial charge on any atom is 0.306 e. The number of nitrogens with one attached hydrogen (secondary N) is 1. The maximum atomic E-state index is 13.2. The average Bonchev–Trinajstić information content (AvgIpc) is 3.26. The number of aliphatic hydroxyl groups excluding tert-OH is 2. The van der Waals surface area contributed by atoms with E-state index in [2.05, 4.69) is 80.8 Å². The molecule has 0 rings (SSSR count). The van der Waals surface area contributed by atoms with Crippen molar-refractivity contribution in [1.82, 2.24) is 5.32 Å². The number of hydrogen-bond donors (Lipinski definition) is 3. The highest BCUT2D eigenvalue weighted by Gasteiger charge is 2.24. The third-order valence-corrected chi connectivity index (χ3v) is 10.7. The second-order valence-electron chi connectivity index (χ2n) is 16.6. The number of esters is 1. The molecule has 352 valence electrons. The van der Waals surface area contributed by atoms with Crippen molar-refractivity contribution in [3.63, 3.8) is 0 Å². The molecule has 0 saturated carbocycles. The number of ether oxygens (including phenoxy) is 1. The molecule has 0 aromatic rings. The van der Waals surface area contributed by atoms with Gasteiger partial charge in [0.25, 0.3) is 0 Å². The summed E-state index contributed by atoms with van der Waals surface area (Å²) in [6, 6.07) is -0.730. The molecule has 0 aliphatic heterocycles. The third-order valence-electron chi connectivity index (χ3n) is 10.7. The highest BCUT2D eigenvalue weighted by molar-refractivity contribution is 5.77. The smallest absolute Gasteiger partial charge is 0.306 e. The third kappa shape index (κ3) is 43.2. The van der Waals surface area contributed by atoms with Crippen LogP contribution in [0.4, 0.5) is 0 Å². The van der Waals surface area contributed by atoms with Crippen molar-refractivity contribution in [2.24, 2.45) is 0 Å². The molecule has 0 saturated heterocycles. The Morgan fingerprint density at radius 1 is 0.500 bits per heavy atom. The molecule has 6 nitrogen and oxygen atoms in total. The van der Waals surface area contributed by atoms with Crippen LogP contribution in [0.3, 0.4) is 0 Å². The van der Waals surface area contributed by atoms with Crippen LogP contribution in [0.1, 0.15) is 207 Å². The fraction of sp³-hybridized carbons (Fsp3) is 0.643. The van der Waals surface area contributed by atoms with Crippen molar-refractivity contribution >= 4 is 11.9 Å². The van der Waals surface area contributed by atoms with Gasteiger partial charge < -0.3 is 20.3 Å². The number of allylic oxidation sites excluding steroid dienone is 18. The summed E-state index contributed by atoms with van der Waals surface area (Å²) in [5.41, 5.74) is 0. The number of aliphatic hydroxyl groups is 2. The van der Waals surface area contributed by atoms with E-state index in [1.165, 1.54) is 77.0 Å². The first-order valence-corrected chi connectivity index (χ1v) is 25.2. The van der Waals surface area contributed by atoms with E-state index in [-0.39, 0.29) is 24.9 Å². The van der Waals surface area contributed by atoms with Crippen LogP contribution in [0.5, 0.6) is 0 Å². The van der Waals surface area contributed by atoms with Crippen molar-refractivity contribution in [2.75, 3.05) is 6.61 Å². The summed E-state index contributed by atoms with van der Waals surface area (Å²) in [7, 11) is 0. The Hall–Kier alpha value is -3.48. The second-order valence-corrected chi connectivity index (χ2v) is 16.6. The Morgan fingerprint density at radius 3 is 1.50 bits per heavy atom. The fourth-order valence-corrected chi connectivity index (χ4v) is 6.94. The highest BCUT2D eigenvalue weighted by Crippen LogP contribution is 2.16. The number of rotatable bonds is 43. The minimum atomic E-state index is -0.812. The lowest BCUT2D eigenvalue weighted by Crippen LogP contribution is -2.46. The zero-order valence-corrected chi connectivity index (χ0v) is 40.0. The van der Waals surface area contributed by atoms with Gasteiger partial charge in [0, 0.05) is 6.42 Å². The van der Waals surface area contributed by atoms with Crippen LogP contribution in [-0.4, -0.2) is 46.9 Å². The first-order chi connectivity index (χ1) is 30.5. The van der Waals surface area contributed by atoms with Gasteiger partial charge in [0.1, 0.15) is 6.10 Å². The summed E-state index contributed by atoms with van der Waals surface area (Å²) in [6.07, 6.45) is 65.7. The number of carbonyl (C=O) groups excluding carboxylic acids is 2. The standard InChI is InChI=1S/C56H93NO5/c1-4-7-10-13-16-19-22-24-26-27-29-31-34-37-40-43-46-49-56(61)62-52(47-44-41-38-35-33-30-28-25-23-20-17-14-11-8-5-2)50-55(60)57-53(51-58)54(59)48-45-42-39-36-32-21-18-15-12-9-6-3/h7,10,13,16-17,19-20,22,24-29,31,33-35,52-54,58-59H,4-6,8-9,11-12,14-15,18,21,23,30,32,36-51H2,1-3H3,(H,57,60)/b10-7-,16-13+,20-17-,22-19+,26-24-,28-25-,29-27+,34-31+,35-33-. The lowest BCUT2D eigenvalue weighted by molar-refractivity contribution is -0.151. The van der Waals surface area contributed by atoms with Gasteiger partial charge >= 0.3 is 5.97 Å². The SMILES string of the molecule is CC\C=C/C=C/C=C/C=C\C=C\C=C\CCCCCC(=O)OC(CCCC/C=C\C/C=C\C/C=C\CCCCC)CC(=O)NC(CO)C(O)CCCCCCCCCCCCC. The molecule has 0 heterocycles. The molecular formula is C56H93NO5. The summed E-state index contributed by atoms with van der Waals surface area (Å²) in [5.74, 6) is -0.574. The average molecular weight is 860 g/mol. The Balaban J connectivity index is 4.79. The normalized spacial score (nSPS) is 14.2. The first kappa shape index (κ1) is 58.5. The monoisotopic (exact) mass is 860 g/mol. The molecule has 62 heavy (non-hydrogen) atoms. The maximum absolute atomic E-state index is 13.2. The highest BCUT2D eigenvalue weighted by atomic mass is 16.5. The van der Waals surface area contributed by atoms with Crippen LogP contribution >= 0.6 is 0 Å². The molecule has 0 aliphatic carbocycles. The fourth-order valence-electron chi connectivity index (χ4n) is 6.94. The van der Waals surface area contributed by atoms with Gasteiger partial charge in [0.2, 0.25) is 5.91 Å². The topological polar surface area (TPSA) is 95.9 Å². The lowest BCUT2D eigenvalue weighted by Gasteiger charge is -2.24. The van der Waals surface area contributed by atoms with Crippen LogP contribution in [0.2, 0.25) is 0 Å². The Labute approximate surface area is 381 Å². The zero-order chi connectivity index (χ0) is 45.2. The Morgan fingerprint density at radius 2 is 0.935 bits per heavy atom. The van der Waals surface area contributed by atoms with E-state index in [1.807, 2.05) is 54.7 Å². The first-order valence-electron chi connectivity index (χ1n) is 25.2. The molecule has 3 N–H and O–H groups in total. The molecule has 0 aliphatic rings. The molecule has 0 fully saturated rings. The van der Waals surface area contributed by atoms with Crippen molar-refractivity contribution in [2.45, 2.75) is 225 Å². The number of hydrogen-bond acceptors (Lipinski definition) is 5.